The molecule has 1 heterocycles. The van der Waals surface area contributed by atoms with E-state index in [1.165, 1.54) is 0 Å². The summed E-state index contributed by atoms with van der Waals surface area (Å²) in [7, 11) is 0. The van der Waals surface area contributed by atoms with Gasteiger partial charge in [0.25, 0.3) is 0 Å². The van der Waals surface area contributed by atoms with Crippen LogP contribution in [0.5, 0.6) is 11.5 Å². The monoisotopic (exact) mass is 511 g/mol. The normalized spacial score (nSPS) is 14.3. The molecule has 1 aliphatic rings. The molecule has 0 unspecified atom stereocenters. The fourth-order valence-corrected chi connectivity index (χ4v) is 3.42. The first-order valence-electron chi connectivity index (χ1n) is 9.94. The molecule has 162 valence electrons. The molecule has 0 aliphatic carbocycles. The van der Waals surface area contributed by atoms with Crippen LogP contribution in [0.25, 0.3) is 6.08 Å². The highest BCUT2D eigenvalue weighted by molar-refractivity contribution is 9.10. The van der Waals surface area contributed by atoms with Crippen molar-refractivity contribution in [2.45, 2.75) is 13.5 Å². The number of ether oxygens (including phenoxy) is 3. The third kappa shape index (κ3) is 5.39. The summed E-state index contributed by atoms with van der Waals surface area (Å²) in [6.45, 7) is 2.76. The number of rotatable bonds is 7. The fraction of sp³-hybridized carbons (Fsp3) is 0.120. The Morgan fingerprint density at radius 2 is 1.75 bits per heavy atom. The van der Waals surface area contributed by atoms with Gasteiger partial charge in [-0.25, -0.2) is 9.79 Å². The van der Waals surface area contributed by atoms with Crippen molar-refractivity contribution in [2.75, 3.05) is 6.61 Å². The second kappa shape index (κ2) is 10.0. The molecule has 7 heteroatoms. The number of aliphatic imine (C=N–C) groups is 1. The Bertz CT molecular complexity index is 1190. The summed E-state index contributed by atoms with van der Waals surface area (Å²) in [5.74, 6) is 0.974. The van der Waals surface area contributed by atoms with Gasteiger partial charge in [-0.2, -0.15) is 0 Å². The minimum atomic E-state index is -0.496. The molecular formula is C25H19BrClNO4. The van der Waals surface area contributed by atoms with Crippen molar-refractivity contribution < 1.29 is 19.0 Å². The van der Waals surface area contributed by atoms with Crippen molar-refractivity contribution in [1.82, 2.24) is 0 Å². The van der Waals surface area contributed by atoms with Gasteiger partial charge in [0, 0.05) is 15.1 Å². The summed E-state index contributed by atoms with van der Waals surface area (Å²) < 4.78 is 17.9. The van der Waals surface area contributed by atoms with Gasteiger partial charge in [0.15, 0.2) is 17.2 Å². The van der Waals surface area contributed by atoms with Gasteiger partial charge in [0.1, 0.15) is 6.61 Å². The van der Waals surface area contributed by atoms with Crippen molar-refractivity contribution >= 4 is 45.5 Å². The van der Waals surface area contributed by atoms with Gasteiger partial charge in [0.05, 0.1) is 6.61 Å². The highest BCUT2D eigenvalue weighted by atomic mass is 79.9. The van der Waals surface area contributed by atoms with Crippen LogP contribution in [0.4, 0.5) is 0 Å². The standard InChI is InChI=1S/C25H19BrClNO4/c1-2-30-23-14-17(5-12-22(23)31-15-16-3-10-20(27)11-4-16)13-21-25(29)32-24(28-21)18-6-8-19(26)9-7-18/h3-14H,2,15H2,1H3/b21-13-. The third-order valence-corrected chi connectivity index (χ3v) is 5.37. The van der Waals surface area contributed by atoms with E-state index in [1.54, 1.807) is 6.08 Å². The average Bonchev–Trinajstić information content (AvgIpc) is 3.15. The Morgan fingerprint density at radius 3 is 2.47 bits per heavy atom. The van der Waals surface area contributed by atoms with E-state index in [-0.39, 0.29) is 11.6 Å². The summed E-state index contributed by atoms with van der Waals surface area (Å²) in [6, 6.07) is 20.3. The SMILES string of the molecule is CCOc1cc(/C=C2\N=C(c3ccc(Br)cc3)OC2=O)ccc1OCc1ccc(Cl)cc1. The van der Waals surface area contributed by atoms with Crippen LogP contribution < -0.4 is 9.47 Å². The van der Waals surface area contributed by atoms with Gasteiger partial charge in [-0.1, -0.05) is 45.7 Å². The highest BCUT2D eigenvalue weighted by Crippen LogP contribution is 2.31. The summed E-state index contributed by atoms with van der Waals surface area (Å²) >= 11 is 9.32. The first-order chi connectivity index (χ1) is 15.5. The lowest BCUT2D eigenvalue weighted by molar-refractivity contribution is -0.129. The lowest BCUT2D eigenvalue weighted by atomic mass is 10.1. The number of halogens is 2. The van der Waals surface area contributed by atoms with Crippen LogP contribution in [-0.4, -0.2) is 18.5 Å². The molecule has 0 bridgehead atoms. The molecule has 0 atom stereocenters. The zero-order chi connectivity index (χ0) is 22.5. The Balaban J connectivity index is 1.54. The predicted molar refractivity (Wildman–Crippen MR) is 128 cm³/mol. The van der Waals surface area contributed by atoms with E-state index in [9.17, 15) is 4.79 Å². The van der Waals surface area contributed by atoms with Crippen molar-refractivity contribution in [3.05, 3.63) is 98.6 Å². The van der Waals surface area contributed by atoms with Gasteiger partial charge in [-0.15, -0.1) is 0 Å². The summed E-state index contributed by atoms with van der Waals surface area (Å²) in [4.78, 5) is 16.7. The van der Waals surface area contributed by atoms with E-state index >= 15 is 0 Å². The molecule has 4 rings (SSSR count). The molecule has 0 fully saturated rings. The molecular weight excluding hydrogens is 494 g/mol. The van der Waals surface area contributed by atoms with Gasteiger partial charge >= 0.3 is 5.97 Å². The largest absolute Gasteiger partial charge is 0.490 e. The molecule has 0 aromatic heterocycles. The molecule has 0 spiro atoms. The number of cyclic esters (lactones) is 1. The van der Waals surface area contributed by atoms with Crippen LogP contribution in [0.2, 0.25) is 5.02 Å². The molecule has 0 N–H and O–H groups in total. The maximum atomic E-state index is 12.3. The maximum Gasteiger partial charge on any atom is 0.363 e. The number of esters is 1. The summed E-state index contributed by atoms with van der Waals surface area (Å²) in [6.07, 6.45) is 1.67. The maximum absolute atomic E-state index is 12.3. The summed E-state index contributed by atoms with van der Waals surface area (Å²) in [5.41, 5.74) is 2.69. The van der Waals surface area contributed by atoms with Crippen LogP contribution in [0.15, 0.2) is 81.9 Å². The molecule has 5 nitrogen and oxygen atoms in total. The van der Waals surface area contributed by atoms with E-state index in [4.69, 9.17) is 25.8 Å². The number of nitrogens with zero attached hydrogens (tertiary/aromatic N) is 1. The second-order valence-corrected chi connectivity index (χ2v) is 8.25. The number of hydrogen-bond acceptors (Lipinski definition) is 5. The van der Waals surface area contributed by atoms with E-state index < -0.39 is 5.97 Å². The quantitative estimate of drug-likeness (QED) is 0.271. The van der Waals surface area contributed by atoms with Crippen LogP contribution in [0.1, 0.15) is 23.6 Å². The minimum Gasteiger partial charge on any atom is -0.490 e. The third-order valence-electron chi connectivity index (χ3n) is 4.59. The van der Waals surface area contributed by atoms with Gasteiger partial charge in [0.2, 0.25) is 5.90 Å². The van der Waals surface area contributed by atoms with E-state index in [2.05, 4.69) is 20.9 Å². The first kappa shape index (κ1) is 22.1. The highest BCUT2D eigenvalue weighted by Gasteiger charge is 2.24. The van der Waals surface area contributed by atoms with Crippen LogP contribution in [-0.2, 0) is 16.1 Å². The smallest absolute Gasteiger partial charge is 0.363 e. The molecule has 3 aromatic carbocycles. The molecule has 0 saturated carbocycles. The molecule has 0 amide bonds. The van der Waals surface area contributed by atoms with Crippen molar-refractivity contribution in [2.24, 2.45) is 4.99 Å². The second-order valence-electron chi connectivity index (χ2n) is 6.90. The van der Waals surface area contributed by atoms with Gasteiger partial charge in [-0.3, -0.25) is 0 Å². The molecule has 1 aliphatic heterocycles. The Labute approximate surface area is 199 Å². The average molecular weight is 513 g/mol. The minimum absolute atomic E-state index is 0.222. The van der Waals surface area contributed by atoms with Crippen molar-refractivity contribution in [3.8, 4) is 11.5 Å². The molecule has 32 heavy (non-hydrogen) atoms. The molecule has 0 radical (unpaired) electrons. The van der Waals surface area contributed by atoms with Crippen molar-refractivity contribution in [3.63, 3.8) is 0 Å². The number of hydrogen-bond donors (Lipinski definition) is 0. The number of carbonyl (C=O) groups is 1. The zero-order valence-electron chi connectivity index (χ0n) is 17.2. The van der Waals surface area contributed by atoms with Gasteiger partial charge < -0.3 is 14.2 Å². The molecule has 3 aromatic rings. The number of benzene rings is 3. The van der Waals surface area contributed by atoms with Crippen LogP contribution in [0, 0.1) is 0 Å². The van der Waals surface area contributed by atoms with E-state index in [0.717, 1.165) is 21.2 Å². The lowest BCUT2D eigenvalue weighted by Crippen LogP contribution is -2.05. The van der Waals surface area contributed by atoms with Crippen molar-refractivity contribution in [1.29, 1.82) is 0 Å². The number of carbonyl (C=O) groups excluding carboxylic acids is 1. The van der Waals surface area contributed by atoms with Crippen LogP contribution in [0.3, 0.4) is 0 Å². The summed E-state index contributed by atoms with van der Waals surface area (Å²) in [5, 5.41) is 0.678. The predicted octanol–water partition coefficient (Wildman–Crippen LogP) is 6.42. The van der Waals surface area contributed by atoms with E-state index in [0.29, 0.717) is 29.7 Å². The Morgan fingerprint density at radius 1 is 1.00 bits per heavy atom. The first-order valence-corrected chi connectivity index (χ1v) is 11.1. The van der Waals surface area contributed by atoms with Gasteiger partial charge in [-0.05, 0) is 72.7 Å². The molecule has 0 saturated heterocycles. The zero-order valence-corrected chi connectivity index (χ0v) is 19.5. The Hall–Kier alpha value is -3.09. The topological polar surface area (TPSA) is 57.1 Å². The van der Waals surface area contributed by atoms with Crippen LogP contribution >= 0.6 is 27.5 Å². The Kier molecular flexibility index (Phi) is 6.93. The fourth-order valence-electron chi connectivity index (χ4n) is 3.03. The lowest BCUT2D eigenvalue weighted by Gasteiger charge is -2.13. The van der Waals surface area contributed by atoms with E-state index in [1.807, 2.05) is 73.7 Å².